The van der Waals surface area contributed by atoms with Gasteiger partial charge in [-0.15, -0.1) is 23.1 Å². The van der Waals surface area contributed by atoms with Gasteiger partial charge in [0.25, 0.3) is 0 Å². The molecule has 0 aromatic carbocycles. The summed E-state index contributed by atoms with van der Waals surface area (Å²) in [5.74, 6) is 0.0876. The van der Waals surface area contributed by atoms with Gasteiger partial charge in [-0.3, -0.25) is 33.7 Å². The molecule has 19 nitrogen and oxygen atoms in total. The topological polar surface area (TPSA) is 253 Å². The largest absolute Gasteiger partial charge is 0.379 e. The van der Waals surface area contributed by atoms with Crippen LogP contribution >= 0.6 is 23.1 Å². The number of unbranched alkanes of at least 4 members (excludes halogenated alkanes) is 4. The number of nitrogens with zero attached hydrogens (tertiary/aromatic N) is 2. The van der Waals surface area contributed by atoms with Gasteiger partial charge in [-0.1, -0.05) is 39.0 Å². The Morgan fingerprint density at radius 3 is 2.01 bits per heavy atom. The van der Waals surface area contributed by atoms with Gasteiger partial charge in [0.05, 0.1) is 103 Å². The number of aryl methyl sites for hydroxylation is 1. The number of hydrogen-bond acceptors (Lipinski definition) is 16. The lowest BCUT2D eigenvalue weighted by Gasteiger charge is -2.20. The molecule has 1 aliphatic carbocycles. The van der Waals surface area contributed by atoms with E-state index in [0.29, 0.717) is 85.8 Å². The predicted molar refractivity (Wildman–Crippen MR) is 254 cm³/mol. The molecule has 21 heteroatoms. The molecule has 1 fully saturated rings. The summed E-state index contributed by atoms with van der Waals surface area (Å²) in [7, 11) is 0. The minimum Gasteiger partial charge on any atom is -0.379 e. The van der Waals surface area contributed by atoms with E-state index in [1.807, 2.05) is 0 Å². The summed E-state index contributed by atoms with van der Waals surface area (Å²) in [5, 5.41) is 8.63. The molecule has 2 atom stereocenters. The van der Waals surface area contributed by atoms with Crippen molar-refractivity contribution in [2.45, 2.75) is 115 Å². The van der Waals surface area contributed by atoms with Gasteiger partial charge in [-0.25, -0.2) is 9.78 Å². The number of ether oxygens (including phenoxy) is 6. The monoisotopic (exact) mass is 984 g/mol. The number of amides is 6. The number of Topliss-reactive ketones (excluding diaryl/α,β-unsaturated/α-hetero) is 2. The van der Waals surface area contributed by atoms with Gasteiger partial charge in [-0.2, -0.15) is 0 Å². The van der Waals surface area contributed by atoms with E-state index in [1.165, 1.54) is 47.2 Å². The zero-order valence-corrected chi connectivity index (χ0v) is 41.2. The Hall–Kier alpha value is -3.57. The van der Waals surface area contributed by atoms with Crippen LogP contribution in [0, 0.1) is 5.92 Å². The quantitative estimate of drug-likeness (QED) is 0.0543. The lowest BCUT2D eigenvalue weighted by Crippen LogP contribution is -2.39. The van der Waals surface area contributed by atoms with Crippen LogP contribution in [0.5, 0.6) is 0 Å². The molecule has 1 saturated heterocycles. The highest BCUT2D eigenvalue weighted by Gasteiger charge is 2.38. The normalized spacial score (nSPS) is 15.7. The Morgan fingerprint density at radius 1 is 0.716 bits per heavy atom. The SMILES string of the molecule is CCCC[C@H]1CCc2nc(CC(=O)CNC(=O)NCCCCCCSC3CC(=O)N(CCC(=O)NCCOCCOCCOCCOCCOCCOCCC(=O)CCC(N)=O)C3=O)sc2C1. The van der Waals surface area contributed by atoms with Crippen molar-refractivity contribution < 1.29 is 62.0 Å². The molecule has 1 aromatic heterocycles. The number of fused-ring (bicyclic) bond motifs is 1. The van der Waals surface area contributed by atoms with Gasteiger partial charge >= 0.3 is 6.03 Å². The van der Waals surface area contributed by atoms with E-state index in [0.717, 1.165) is 60.9 Å². The maximum absolute atomic E-state index is 12.9. The fraction of sp³-hybridized carbons (Fsp3) is 0.783. The molecule has 2 aliphatic rings. The third-order valence-corrected chi connectivity index (χ3v) is 13.3. The second-order valence-corrected chi connectivity index (χ2v) is 18.9. The first-order valence-corrected chi connectivity index (χ1v) is 25.9. The number of carbonyl (C=O) groups excluding carboxylic acids is 7. The van der Waals surface area contributed by atoms with E-state index in [1.54, 1.807) is 11.3 Å². The third kappa shape index (κ3) is 27.3. The fourth-order valence-corrected chi connectivity index (χ4v) is 9.59. The van der Waals surface area contributed by atoms with E-state index in [2.05, 4.69) is 22.9 Å². The van der Waals surface area contributed by atoms with Crippen LogP contribution in [-0.2, 0) is 76.5 Å². The van der Waals surface area contributed by atoms with E-state index in [4.69, 9.17) is 39.1 Å². The lowest BCUT2D eigenvalue weighted by molar-refractivity contribution is -0.138. The molecule has 1 aliphatic heterocycles. The number of aromatic nitrogens is 1. The van der Waals surface area contributed by atoms with Gasteiger partial charge in [0, 0.05) is 56.6 Å². The molecule has 5 N–H and O–H groups in total. The molecule has 6 amide bonds. The Balaban J connectivity index is 1.04. The third-order valence-electron chi connectivity index (χ3n) is 10.9. The molecule has 2 heterocycles. The number of rotatable bonds is 42. The van der Waals surface area contributed by atoms with E-state index in [-0.39, 0.29) is 93.5 Å². The highest BCUT2D eigenvalue weighted by Crippen LogP contribution is 2.32. The maximum Gasteiger partial charge on any atom is 0.315 e. The summed E-state index contributed by atoms with van der Waals surface area (Å²) >= 11 is 3.12. The molecule has 1 unspecified atom stereocenters. The Bertz CT molecular complexity index is 1640. The van der Waals surface area contributed by atoms with Crippen molar-refractivity contribution in [2.75, 3.05) is 111 Å². The number of ketones is 2. The molecular weight excluding hydrogens is 909 g/mol. The molecule has 0 spiro atoms. The van der Waals surface area contributed by atoms with E-state index in [9.17, 15) is 33.6 Å². The van der Waals surface area contributed by atoms with Crippen LogP contribution in [0.1, 0.15) is 106 Å². The maximum atomic E-state index is 12.9. The van der Waals surface area contributed by atoms with Gasteiger partial charge in [0.15, 0.2) is 5.78 Å². The van der Waals surface area contributed by atoms with Gasteiger partial charge in [0.2, 0.25) is 23.6 Å². The van der Waals surface area contributed by atoms with E-state index >= 15 is 0 Å². The van der Waals surface area contributed by atoms with Gasteiger partial charge in [0.1, 0.15) is 10.8 Å². The van der Waals surface area contributed by atoms with E-state index < -0.39 is 11.2 Å². The first kappa shape index (κ1) is 57.7. The zero-order valence-electron chi connectivity index (χ0n) is 39.6. The van der Waals surface area contributed by atoms with Crippen LogP contribution in [-0.4, -0.2) is 168 Å². The highest BCUT2D eigenvalue weighted by molar-refractivity contribution is 8.00. The first-order chi connectivity index (χ1) is 32.5. The van der Waals surface area contributed by atoms with Crippen molar-refractivity contribution in [3.63, 3.8) is 0 Å². The van der Waals surface area contributed by atoms with Crippen molar-refractivity contribution in [2.24, 2.45) is 11.7 Å². The summed E-state index contributed by atoms with van der Waals surface area (Å²) in [6.07, 6.45) is 11.3. The Labute approximate surface area is 404 Å². The van der Waals surface area contributed by atoms with Crippen molar-refractivity contribution in [3.8, 4) is 0 Å². The molecule has 0 bridgehead atoms. The van der Waals surface area contributed by atoms with Crippen molar-refractivity contribution >= 4 is 64.3 Å². The number of nitrogens with one attached hydrogen (secondary N) is 3. The van der Waals surface area contributed by atoms with Crippen LogP contribution < -0.4 is 21.7 Å². The van der Waals surface area contributed by atoms with Crippen molar-refractivity contribution in [1.82, 2.24) is 25.8 Å². The predicted octanol–water partition coefficient (Wildman–Crippen LogP) is 3.10. The summed E-state index contributed by atoms with van der Waals surface area (Å²) in [6, 6.07) is -0.357. The smallest absolute Gasteiger partial charge is 0.315 e. The second-order valence-electron chi connectivity index (χ2n) is 16.4. The average Bonchev–Trinajstić information content (AvgIpc) is 3.83. The van der Waals surface area contributed by atoms with Crippen LogP contribution in [0.2, 0.25) is 0 Å². The molecule has 380 valence electrons. The minimum absolute atomic E-state index is 0.0245. The summed E-state index contributed by atoms with van der Waals surface area (Å²) in [4.78, 5) is 91.9. The number of thioether (sulfide) groups is 1. The molecule has 0 radical (unpaired) electrons. The summed E-state index contributed by atoms with van der Waals surface area (Å²) in [5.41, 5.74) is 6.17. The van der Waals surface area contributed by atoms with Crippen LogP contribution in [0.15, 0.2) is 0 Å². The Morgan fingerprint density at radius 2 is 1.36 bits per heavy atom. The zero-order chi connectivity index (χ0) is 48.3. The second kappa shape index (κ2) is 36.4. The standard InChI is InChI=1S/C46H76N6O13S2/c1-2-3-8-35-9-11-38-39(31-35)67-43(51-38)32-37(54)34-50-46(59)49-15-6-4-5-7-30-66-40-33-44(57)52(45(40)58)17-13-42(56)48-16-19-61-21-23-63-25-27-65-29-28-64-26-24-62-22-20-60-18-14-36(53)10-12-41(47)55/h35,40H,2-34H2,1H3,(H2,47,55)(H,48,56)(H2,49,50,59)/t35-,40?/m0/s1. The number of nitrogens with two attached hydrogens (primary N) is 1. The first-order valence-electron chi connectivity index (χ1n) is 24.0. The number of hydrogen-bond donors (Lipinski definition) is 4. The van der Waals surface area contributed by atoms with Gasteiger partial charge in [-0.05, 0) is 43.8 Å². The molecular formula is C46H76N6O13S2. The highest BCUT2D eigenvalue weighted by atomic mass is 32.2. The number of urea groups is 1. The lowest BCUT2D eigenvalue weighted by atomic mass is 9.87. The Kier molecular flexibility index (Phi) is 31.4. The van der Waals surface area contributed by atoms with Crippen LogP contribution in [0.25, 0.3) is 0 Å². The molecule has 1 aromatic rings. The number of thiazole rings is 1. The molecule has 0 saturated carbocycles. The summed E-state index contributed by atoms with van der Waals surface area (Å²) in [6.45, 7) is 7.56. The minimum atomic E-state index is -0.489. The van der Waals surface area contributed by atoms with Crippen molar-refractivity contribution in [1.29, 1.82) is 0 Å². The van der Waals surface area contributed by atoms with Crippen LogP contribution in [0.3, 0.4) is 0 Å². The fourth-order valence-electron chi connectivity index (χ4n) is 7.15. The van der Waals surface area contributed by atoms with Gasteiger partial charge < -0.3 is 50.1 Å². The number of likely N-dealkylation sites (tertiary alicyclic amines) is 1. The number of imide groups is 1. The number of primary amides is 1. The molecule has 3 rings (SSSR count). The van der Waals surface area contributed by atoms with Crippen LogP contribution in [0.4, 0.5) is 4.79 Å². The summed E-state index contributed by atoms with van der Waals surface area (Å²) < 4.78 is 32.6. The number of carbonyl (C=O) groups is 7. The van der Waals surface area contributed by atoms with Crippen molar-refractivity contribution in [3.05, 3.63) is 15.6 Å². The average molecular weight is 985 g/mol. The molecule has 67 heavy (non-hydrogen) atoms.